The van der Waals surface area contributed by atoms with Gasteiger partial charge in [0.25, 0.3) is 0 Å². The number of rotatable bonds is 5. The molecule has 2 rings (SSSR count). The maximum atomic E-state index is 11.0. The van der Waals surface area contributed by atoms with E-state index in [1.54, 1.807) is 18.3 Å². The zero-order chi connectivity index (χ0) is 13.7. The first kappa shape index (κ1) is 13.3. The molecule has 1 heterocycles. The molecule has 0 saturated carbocycles. The van der Waals surface area contributed by atoms with Gasteiger partial charge in [-0.15, -0.1) is 0 Å². The summed E-state index contributed by atoms with van der Waals surface area (Å²) in [7, 11) is 0. The van der Waals surface area contributed by atoms with Crippen LogP contribution in [0.3, 0.4) is 0 Å². The largest absolute Gasteiger partial charge is 0.478 e. The van der Waals surface area contributed by atoms with Crippen molar-refractivity contribution in [1.29, 1.82) is 0 Å². The zero-order valence-electron chi connectivity index (χ0n) is 11.0. The van der Waals surface area contributed by atoms with Crippen LogP contribution in [-0.4, -0.2) is 16.1 Å². The quantitative estimate of drug-likeness (QED) is 0.892. The molecule has 0 saturated heterocycles. The van der Waals surface area contributed by atoms with Crippen molar-refractivity contribution in [3.8, 4) is 0 Å². The van der Waals surface area contributed by atoms with Gasteiger partial charge in [0, 0.05) is 12.4 Å². The summed E-state index contributed by atoms with van der Waals surface area (Å²) in [5.41, 5.74) is 3.67. The number of aryl methyl sites for hydroxylation is 3. The lowest BCUT2D eigenvalue weighted by atomic mass is 10.0. The Morgan fingerprint density at radius 3 is 2.68 bits per heavy atom. The Labute approximate surface area is 112 Å². The fourth-order valence-corrected chi connectivity index (χ4v) is 2.17. The molecule has 2 aromatic rings. The maximum absolute atomic E-state index is 11.0. The number of aromatic carboxylic acids is 1. The highest BCUT2D eigenvalue weighted by Gasteiger charge is 2.05. The Balaban J connectivity index is 1.98. The second kappa shape index (κ2) is 6.14. The first-order valence-corrected chi connectivity index (χ1v) is 6.38. The number of carboxylic acid groups (broad SMARTS) is 1. The number of aromatic nitrogens is 1. The molecule has 0 spiro atoms. The van der Waals surface area contributed by atoms with Crippen molar-refractivity contribution in [2.75, 3.05) is 0 Å². The van der Waals surface area contributed by atoms with Crippen LogP contribution in [0.25, 0.3) is 0 Å². The molecule has 0 amide bonds. The Morgan fingerprint density at radius 2 is 2.00 bits per heavy atom. The highest BCUT2D eigenvalue weighted by atomic mass is 16.4. The van der Waals surface area contributed by atoms with Gasteiger partial charge in [-0.05, 0) is 55.5 Å². The van der Waals surface area contributed by atoms with Gasteiger partial charge >= 0.3 is 5.97 Å². The van der Waals surface area contributed by atoms with Gasteiger partial charge in [0.2, 0.25) is 0 Å². The van der Waals surface area contributed by atoms with Crippen LogP contribution in [0.1, 0.15) is 33.5 Å². The Morgan fingerprint density at radius 1 is 1.21 bits per heavy atom. The van der Waals surface area contributed by atoms with Crippen molar-refractivity contribution in [3.63, 3.8) is 0 Å². The predicted octanol–water partition coefficient (Wildman–Crippen LogP) is 3.26. The zero-order valence-corrected chi connectivity index (χ0v) is 11.0. The topological polar surface area (TPSA) is 50.2 Å². The number of benzene rings is 1. The number of carbonyl (C=O) groups is 1. The molecule has 0 atom stereocenters. The van der Waals surface area contributed by atoms with Crippen LogP contribution < -0.4 is 0 Å². The third-order valence-electron chi connectivity index (χ3n) is 3.04. The fourth-order valence-electron chi connectivity index (χ4n) is 2.17. The van der Waals surface area contributed by atoms with E-state index in [0.29, 0.717) is 5.56 Å². The van der Waals surface area contributed by atoms with Gasteiger partial charge in [-0.1, -0.05) is 17.7 Å². The van der Waals surface area contributed by atoms with E-state index in [4.69, 9.17) is 5.11 Å². The van der Waals surface area contributed by atoms with Crippen LogP contribution in [-0.2, 0) is 12.8 Å². The number of nitrogens with zero attached hydrogens (tertiary/aromatic N) is 1. The molecule has 19 heavy (non-hydrogen) atoms. The SMILES string of the molecule is Cc1cc(CCCc2cccnc2)cc(C(=O)O)c1. The van der Waals surface area contributed by atoms with Gasteiger partial charge in [0.05, 0.1) is 5.56 Å². The molecular formula is C16H17NO2. The van der Waals surface area contributed by atoms with Gasteiger partial charge in [-0.25, -0.2) is 4.79 Å². The maximum Gasteiger partial charge on any atom is 0.335 e. The second-order valence-electron chi connectivity index (χ2n) is 4.73. The van der Waals surface area contributed by atoms with Crippen molar-refractivity contribution in [3.05, 3.63) is 65.0 Å². The van der Waals surface area contributed by atoms with Crippen molar-refractivity contribution in [2.24, 2.45) is 0 Å². The fraction of sp³-hybridized carbons (Fsp3) is 0.250. The molecule has 0 unspecified atom stereocenters. The van der Waals surface area contributed by atoms with Crippen molar-refractivity contribution in [1.82, 2.24) is 4.98 Å². The minimum atomic E-state index is -0.864. The minimum absolute atomic E-state index is 0.372. The molecule has 1 N–H and O–H groups in total. The number of hydrogen-bond donors (Lipinski definition) is 1. The Bertz CT molecular complexity index is 564. The molecule has 0 aliphatic rings. The number of pyridine rings is 1. The number of carboxylic acids is 1. The summed E-state index contributed by atoms with van der Waals surface area (Å²) in [5, 5.41) is 9.03. The van der Waals surface area contributed by atoms with Crippen LogP contribution in [0.2, 0.25) is 0 Å². The molecule has 3 heteroatoms. The van der Waals surface area contributed by atoms with Crippen LogP contribution >= 0.6 is 0 Å². The van der Waals surface area contributed by atoms with Gasteiger partial charge < -0.3 is 5.11 Å². The first-order valence-electron chi connectivity index (χ1n) is 6.38. The second-order valence-corrected chi connectivity index (χ2v) is 4.73. The first-order chi connectivity index (χ1) is 9.15. The molecule has 0 aliphatic heterocycles. The van der Waals surface area contributed by atoms with E-state index >= 15 is 0 Å². The molecule has 98 valence electrons. The van der Waals surface area contributed by atoms with E-state index in [9.17, 15) is 4.79 Å². The summed E-state index contributed by atoms with van der Waals surface area (Å²) in [6, 6.07) is 9.51. The molecule has 1 aromatic carbocycles. The average Bonchev–Trinajstić information content (AvgIpc) is 2.39. The van der Waals surface area contributed by atoms with Crippen LogP contribution in [0.4, 0.5) is 0 Å². The van der Waals surface area contributed by atoms with E-state index in [0.717, 1.165) is 30.4 Å². The van der Waals surface area contributed by atoms with Gasteiger partial charge in [-0.2, -0.15) is 0 Å². The van der Waals surface area contributed by atoms with Crippen LogP contribution in [0, 0.1) is 6.92 Å². The minimum Gasteiger partial charge on any atom is -0.478 e. The molecule has 0 fully saturated rings. The highest BCUT2D eigenvalue weighted by molar-refractivity contribution is 5.88. The van der Waals surface area contributed by atoms with Crippen molar-refractivity contribution in [2.45, 2.75) is 26.2 Å². The molecule has 1 aromatic heterocycles. The smallest absolute Gasteiger partial charge is 0.335 e. The lowest BCUT2D eigenvalue weighted by Gasteiger charge is -2.05. The molecule has 0 bridgehead atoms. The highest BCUT2D eigenvalue weighted by Crippen LogP contribution is 2.13. The average molecular weight is 255 g/mol. The lowest BCUT2D eigenvalue weighted by molar-refractivity contribution is 0.0696. The van der Waals surface area contributed by atoms with Gasteiger partial charge in [-0.3, -0.25) is 4.98 Å². The van der Waals surface area contributed by atoms with E-state index in [-0.39, 0.29) is 0 Å². The molecule has 0 radical (unpaired) electrons. The molecular weight excluding hydrogens is 238 g/mol. The summed E-state index contributed by atoms with van der Waals surface area (Å²) in [4.78, 5) is 15.1. The van der Waals surface area contributed by atoms with Crippen molar-refractivity contribution >= 4 is 5.97 Å². The van der Waals surface area contributed by atoms with Crippen LogP contribution in [0.15, 0.2) is 42.7 Å². The summed E-state index contributed by atoms with van der Waals surface area (Å²) in [5.74, 6) is -0.864. The summed E-state index contributed by atoms with van der Waals surface area (Å²) < 4.78 is 0. The third kappa shape index (κ3) is 3.91. The third-order valence-corrected chi connectivity index (χ3v) is 3.04. The van der Waals surface area contributed by atoms with E-state index in [1.165, 1.54) is 5.56 Å². The van der Waals surface area contributed by atoms with E-state index in [1.807, 2.05) is 19.2 Å². The number of hydrogen-bond acceptors (Lipinski definition) is 2. The van der Waals surface area contributed by atoms with E-state index in [2.05, 4.69) is 17.1 Å². The summed E-state index contributed by atoms with van der Waals surface area (Å²) >= 11 is 0. The Hall–Kier alpha value is -2.16. The monoisotopic (exact) mass is 255 g/mol. The Kier molecular flexibility index (Phi) is 4.29. The molecule has 0 aliphatic carbocycles. The van der Waals surface area contributed by atoms with Crippen LogP contribution in [0.5, 0.6) is 0 Å². The summed E-state index contributed by atoms with van der Waals surface area (Å²) in [6.45, 7) is 1.93. The van der Waals surface area contributed by atoms with Gasteiger partial charge in [0.1, 0.15) is 0 Å². The van der Waals surface area contributed by atoms with Crippen molar-refractivity contribution < 1.29 is 9.90 Å². The molecule has 3 nitrogen and oxygen atoms in total. The summed E-state index contributed by atoms with van der Waals surface area (Å²) in [6.07, 6.45) is 6.48. The van der Waals surface area contributed by atoms with E-state index < -0.39 is 5.97 Å². The van der Waals surface area contributed by atoms with Gasteiger partial charge in [0.15, 0.2) is 0 Å². The normalized spacial score (nSPS) is 10.4. The predicted molar refractivity (Wildman–Crippen MR) is 74.4 cm³/mol. The lowest BCUT2D eigenvalue weighted by Crippen LogP contribution is -1.99. The standard InChI is InChI=1S/C16H17NO2/c1-12-8-14(10-15(9-12)16(18)19)5-2-4-13-6-3-7-17-11-13/h3,6-11H,2,4-5H2,1H3,(H,18,19).